The lowest BCUT2D eigenvalue weighted by Gasteiger charge is -2.37. The van der Waals surface area contributed by atoms with Crippen LogP contribution in [0.2, 0.25) is 0 Å². The van der Waals surface area contributed by atoms with Crippen molar-refractivity contribution in [2.24, 2.45) is 0 Å². The molecule has 0 aromatic carbocycles. The molecule has 0 atom stereocenters. The van der Waals surface area contributed by atoms with Gasteiger partial charge in [-0.2, -0.15) is 0 Å². The van der Waals surface area contributed by atoms with E-state index >= 15 is 0 Å². The van der Waals surface area contributed by atoms with Gasteiger partial charge in [-0.25, -0.2) is 9.97 Å². The van der Waals surface area contributed by atoms with Gasteiger partial charge in [-0.05, 0) is 31.9 Å². The van der Waals surface area contributed by atoms with Gasteiger partial charge in [0.1, 0.15) is 17.3 Å². The molecule has 0 bridgehead atoms. The minimum atomic E-state index is 0.0587. The second-order valence-electron chi connectivity index (χ2n) is 7.10. The summed E-state index contributed by atoms with van der Waals surface area (Å²) in [6.07, 6.45) is 3.68. The van der Waals surface area contributed by atoms with Gasteiger partial charge >= 0.3 is 0 Å². The van der Waals surface area contributed by atoms with Crippen molar-refractivity contribution in [2.45, 2.75) is 45.6 Å². The minimum Gasteiger partial charge on any atom is -0.357 e. The van der Waals surface area contributed by atoms with Crippen LogP contribution < -0.4 is 4.90 Å². The van der Waals surface area contributed by atoms with Crippen molar-refractivity contribution < 1.29 is 4.79 Å². The van der Waals surface area contributed by atoms with E-state index in [-0.39, 0.29) is 11.9 Å². The Hall–Kier alpha value is -2.37. The van der Waals surface area contributed by atoms with Gasteiger partial charge in [-0.1, -0.05) is 13.8 Å². The van der Waals surface area contributed by atoms with Crippen LogP contribution in [0.15, 0.2) is 24.4 Å². The molecule has 1 N–H and O–H groups in total. The third kappa shape index (κ3) is 3.83. The van der Waals surface area contributed by atoms with Gasteiger partial charge < -0.3 is 14.8 Å². The summed E-state index contributed by atoms with van der Waals surface area (Å²) in [5, 5.41) is 0. The maximum absolute atomic E-state index is 12.5. The van der Waals surface area contributed by atoms with Crippen LogP contribution in [0.1, 0.15) is 54.6 Å². The zero-order valence-electron chi connectivity index (χ0n) is 15.5. The van der Waals surface area contributed by atoms with E-state index in [0.717, 1.165) is 43.3 Å². The fraction of sp³-hybridized carbons (Fsp3) is 0.526. The summed E-state index contributed by atoms with van der Waals surface area (Å²) in [4.78, 5) is 28.9. The molecule has 134 valence electrons. The van der Waals surface area contributed by atoms with E-state index in [1.165, 1.54) is 0 Å². The molecule has 0 spiro atoms. The van der Waals surface area contributed by atoms with Crippen LogP contribution in [0.25, 0.3) is 0 Å². The molecule has 25 heavy (non-hydrogen) atoms. The third-order valence-corrected chi connectivity index (χ3v) is 4.86. The number of amides is 1. The SMILES string of the molecule is Cc1cc(N2CCC(N(C)C(=O)c3ccc[nH]3)CC2)nc(C(C)C)n1. The minimum absolute atomic E-state index is 0.0587. The van der Waals surface area contributed by atoms with Gasteiger partial charge in [0, 0.05) is 50.1 Å². The number of carbonyl (C=O) groups is 1. The highest BCUT2D eigenvalue weighted by molar-refractivity contribution is 5.92. The van der Waals surface area contributed by atoms with Gasteiger partial charge in [0.15, 0.2) is 0 Å². The molecule has 0 saturated carbocycles. The van der Waals surface area contributed by atoms with Gasteiger partial charge in [0.05, 0.1) is 0 Å². The van der Waals surface area contributed by atoms with Crippen LogP contribution in [0.5, 0.6) is 0 Å². The lowest BCUT2D eigenvalue weighted by Crippen LogP contribution is -2.46. The number of hydrogen-bond donors (Lipinski definition) is 1. The molecule has 2 aromatic rings. The number of H-pyrrole nitrogens is 1. The smallest absolute Gasteiger partial charge is 0.270 e. The molecular weight excluding hydrogens is 314 g/mol. The highest BCUT2D eigenvalue weighted by atomic mass is 16.2. The second-order valence-corrected chi connectivity index (χ2v) is 7.10. The number of hydrogen-bond acceptors (Lipinski definition) is 4. The molecule has 3 heterocycles. The number of nitrogens with zero attached hydrogens (tertiary/aromatic N) is 4. The number of aryl methyl sites for hydroxylation is 1. The zero-order chi connectivity index (χ0) is 18.0. The van der Waals surface area contributed by atoms with Crippen LogP contribution in [0.3, 0.4) is 0 Å². The molecule has 0 aliphatic carbocycles. The topological polar surface area (TPSA) is 65.1 Å². The molecule has 2 aromatic heterocycles. The van der Waals surface area contributed by atoms with E-state index in [0.29, 0.717) is 11.6 Å². The summed E-state index contributed by atoms with van der Waals surface area (Å²) < 4.78 is 0. The number of nitrogens with one attached hydrogen (secondary N) is 1. The monoisotopic (exact) mass is 341 g/mol. The number of rotatable bonds is 4. The molecule has 6 heteroatoms. The number of piperidine rings is 1. The fourth-order valence-electron chi connectivity index (χ4n) is 3.30. The first kappa shape index (κ1) is 17.5. The normalized spacial score (nSPS) is 15.6. The predicted molar refractivity (Wildman–Crippen MR) is 99.0 cm³/mol. The van der Waals surface area contributed by atoms with Crippen molar-refractivity contribution in [3.8, 4) is 0 Å². The van der Waals surface area contributed by atoms with Crippen molar-refractivity contribution in [3.05, 3.63) is 41.6 Å². The van der Waals surface area contributed by atoms with Gasteiger partial charge in [0.25, 0.3) is 5.91 Å². The first-order valence-corrected chi connectivity index (χ1v) is 8.96. The zero-order valence-corrected chi connectivity index (χ0v) is 15.5. The summed E-state index contributed by atoms with van der Waals surface area (Å²) in [5.74, 6) is 2.29. The van der Waals surface area contributed by atoms with E-state index in [1.54, 1.807) is 6.20 Å². The van der Waals surface area contributed by atoms with Crippen molar-refractivity contribution in [1.82, 2.24) is 19.9 Å². The van der Waals surface area contributed by atoms with Crippen molar-refractivity contribution >= 4 is 11.7 Å². The highest BCUT2D eigenvalue weighted by Crippen LogP contribution is 2.23. The number of carbonyl (C=O) groups excluding carboxylic acids is 1. The quantitative estimate of drug-likeness (QED) is 0.928. The van der Waals surface area contributed by atoms with Crippen LogP contribution in [0, 0.1) is 6.92 Å². The molecule has 1 fully saturated rings. The Morgan fingerprint density at radius 1 is 1.32 bits per heavy atom. The summed E-state index contributed by atoms with van der Waals surface area (Å²) in [5.41, 5.74) is 1.66. The summed E-state index contributed by atoms with van der Waals surface area (Å²) in [6.45, 7) is 8.06. The standard InChI is InChI=1S/C19H27N5O/c1-13(2)18-21-14(3)12-17(22-18)24-10-7-15(8-11-24)23(4)19(25)16-6-5-9-20-16/h5-6,9,12-13,15,20H,7-8,10-11H2,1-4H3. The maximum atomic E-state index is 12.5. The van der Waals surface area contributed by atoms with Gasteiger partial charge in [-0.3, -0.25) is 4.79 Å². The Bertz CT molecular complexity index is 717. The Morgan fingerprint density at radius 3 is 2.64 bits per heavy atom. The van der Waals surface area contributed by atoms with E-state index in [4.69, 9.17) is 4.98 Å². The Kier molecular flexibility index (Phi) is 5.06. The first-order valence-electron chi connectivity index (χ1n) is 8.96. The van der Waals surface area contributed by atoms with Crippen LogP contribution in [0.4, 0.5) is 5.82 Å². The number of aromatic amines is 1. The van der Waals surface area contributed by atoms with E-state index in [1.807, 2.05) is 31.0 Å². The van der Waals surface area contributed by atoms with Crippen LogP contribution in [-0.2, 0) is 0 Å². The summed E-state index contributed by atoms with van der Waals surface area (Å²) in [7, 11) is 1.90. The third-order valence-electron chi connectivity index (χ3n) is 4.86. The van der Waals surface area contributed by atoms with Crippen molar-refractivity contribution in [3.63, 3.8) is 0 Å². The lowest BCUT2D eigenvalue weighted by molar-refractivity contribution is 0.0704. The average Bonchev–Trinajstić information content (AvgIpc) is 3.14. The first-order chi connectivity index (χ1) is 12.0. The average molecular weight is 341 g/mol. The molecule has 1 saturated heterocycles. The Balaban J connectivity index is 1.65. The largest absolute Gasteiger partial charge is 0.357 e. The van der Waals surface area contributed by atoms with E-state index in [9.17, 15) is 4.79 Å². The molecule has 3 rings (SSSR count). The Labute approximate surface area is 149 Å². The Morgan fingerprint density at radius 2 is 2.04 bits per heavy atom. The molecule has 0 unspecified atom stereocenters. The van der Waals surface area contributed by atoms with Crippen LogP contribution in [-0.4, -0.2) is 51.9 Å². The molecule has 6 nitrogen and oxygen atoms in total. The molecule has 1 amide bonds. The number of aromatic nitrogens is 3. The molecule has 1 aliphatic heterocycles. The van der Waals surface area contributed by atoms with Crippen molar-refractivity contribution in [2.75, 3.05) is 25.0 Å². The summed E-state index contributed by atoms with van der Waals surface area (Å²) >= 11 is 0. The second kappa shape index (κ2) is 7.25. The summed E-state index contributed by atoms with van der Waals surface area (Å²) in [6, 6.07) is 6.00. The van der Waals surface area contributed by atoms with E-state index in [2.05, 4.69) is 34.8 Å². The molecular formula is C19H27N5O. The predicted octanol–water partition coefficient (Wildman–Crippen LogP) is 2.98. The van der Waals surface area contributed by atoms with Gasteiger partial charge in [-0.15, -0.1) is 0 Å². The van der Waals surface area contributed by atoms with Crippen LogP contribution >= 0.6 is 0 Å². The number of anilines is 1. The highest BCUT2D eigenvalue weighted by Gasteiger charge is 2.27. The van der Waals surface area contributed by atoms with Crippen molar-refractivity contribution in [1.29, 1.82) is 0 Å². The molecule has 1 aliphatic rings. The lowest BCUT2D eigenvalue weighted by atomic mass is 10.0. The molecule has 0 radical (unpaired) electrons. The fourth-order valence-corrected chi connectivity index (χ4v) is 3.30. The van der Waals surface area contributed by atoms with E-state index < -0.39 is 0 Å². The van der Waals surface area contributed by atoms with Gasteiger partial charge in [0.2, 0.25) is 0 Å². The maximum Gasteiger partial charge on any atom is 0.270 e.